The molecule has 0 aliphatic rings. The Balaban J connectivity index is 2.06. The van der Waals surface area contributed by atoms with Crippen LogP contribution in [0.3, 0.4) is 0 Å². The Labute approximate surface area is 143 Å². The fourth-order valence-electron chi connectivity index (χ4n) is 1.71. The number of alkyl halides is 3. The molecule has 0 aliphatic carbocycles. The van der Waals surface area contributed by atoms with E-state index in [1.165, 1.54) is 20.1 Å². The Kier molecular flexibility index (Phi) is 5.74. The second-order valence-corrected chi connectivity index (χ2v) is 5.88. The van der Waals surface area contributed by atoms with Crippen LogP contribution in [0.4, 0.5) is 13.2 Å². The molecule has 2 heterocycles. The molecule has 2 rings (SSSR count). The molecule has 2 amide bonds. The molecule has 12 heteroatoms. The maximum atomic E-state index is 12.5. The summed E-state index contributed by atoms with van der Waals surface area (Å²) in [6.45, 7) is 1.08. The van der Waals surface area contributed by atoms with Gasteiger partial charge in [-0.05, 0) is 12.1 Å². The maximum Gasteiger partial charge on any atom is 0.471 e. The molecule has 25 heavy (non-hydrogen) atoms. The van der Waals surface area contributed by atoms with Crippen LogP contribution in [0.15, 0.2) is 16.7 Å². The first-order chi connectivity index (χ1) is 11.7. The highest BCUT2D eigenvalue weighted by Gasteiger charge is 2.38. The van der Waals surface area contributed by atoms with Gasteiger partial charge in [0.1, 0.15) is 0 Å². The van der Waals surface area contributed by atoms with Gasteiger partial charge < -0.3 is 9.84 Å². The zero-order valence-corrected chi connectivity index (χ0v) is 13.9. The second-order valence-electron chi connectivity index (χ2n) is 4.71. The maximum absolute atomic E-state index is 12.5. The van der Waals surface area contributed by atoms with Crippen molar-refractivity contribution in [3.8, 4) is 10.7 Å². The summed E-state index contributed by atoms with van der Waals surface area (Å²) in [7, 11) is 1.29. The molecular formula is C13H13F3N4O4S. The molecule has 1 N–H and O–H groups in total. The van der Waals surface area contributed by atoms with Gasteiger partial charge >= 0.3 is 12.1 Å². The van der Waals surface area contributed by atoms with Crippen molar-refractivity contribution in [2.45, 2.75) is 19.6 Å². The highest BCUT2D eigenvalue weighted by atomic mass is 32.1. The molecule has 2 aromatic rings. The van der Waals surface area contributed by atoms with E-state index in [1.54, 1.807) is 6.07 Å². The van der Waals surface area contributed by atoms with Gasteiger partial charge in [0.2, 0.25) is 11.7 Å². The van der Waals surface area contributed by atoms with Crippen LogP contribution in [-0.2, 0) is 27.1 Å². The summed E-state index contributed by atoms with van der Waals surface area (Å²) in [5.41, 5.74) is 0. The number of nitrogens with zero attached hydrogens (tertiary/aromatic N) is 3. The number of hydroxylamine groups is 2. The number of aromatic nitrogens is 2. The summed E-state index contributed by atoms with van der Waals surface area (Å²) < 4.78 is 41.6. The Hall–Kier alpha value is -2.47. The van der Waals surface area contributed by atoms with Crippen LogP contribution < -0.4 is 5.32 Å². The molecule has 136 valence electrons. The van der Waals surface area contributed by atoms with Crippen molar-refractivity contribution >= 4 is 23.2 Å². The van der Waals surface area contributed by atoms with Gasteiger partial charge in [-0.25, -0.2) is 5.06 Å². The SMILES string of the molecule is CON(Cc1ccc(-c2noc(C(F)(F)F)n2)s1)C(=O)CNC(C)=O. The van der Waals surface area contributed by atoms with E-state index in [4.69, 9.17) is 4.84 Å². The van der Waals surface area contributed by atoms with Gasteiger partial charge in [0, 0.05) is 11.8 Å². The minimum absolute atomic E-state index is 0.0452. The monoisotopic (exact) mass is 378 g/mol. The average Bonchev–Trinajstić information content (AvgIpc) is 3.18. The van der Waals surface area contributed by atoms with Gasteiger partial charge in [-0.15, -0.1) is 11.3 Å². The van der Waals surface area contributed by atoms with E-state index in [2.05, 4.69) is 20.0 Å². The largest absolute Gasteiger partial charge is 0.471 e. The van der Waals surface area contributed by atoms with Crippen LogP contribution in [-0.4, -0.2) is 40.7 Å². The van der Waals surface area contributed by atoms with Gasteiger partial charge in [-0.2, -0.15) is 18.2 Å². The van der Waals surface area contributed by atoms with Crippen LogP contribution in [0, 0.1) is 0 Å². The molecule has 0 saturated heterocycles. The molecule has 0 atom stereocenters. The third kappa shape index (κ3) is 5.00. The molecule has 0 aliphatic heterocycles. The van der Waals surface area contributed by atoms with Crippen molar-refractivity contribution in [1.82, 2.24) is 20.5 Å². The number of rotatable bonds is 6. The minimum atomic E-state index is -4.71. The second kappa shape index (κ2) is 7.61. The van der Waals surface area contributed by atoms with Crippen LogP contribution in [0.5, 0.6) is 0 Å². The number of carbonyl (C=O) groups excluding carboxylic acids is 2. The van der Waals surface area contributed by atoms with Gasteiger partial charge in [0.15, 0.2) is 0 Å². The lowest BCUT2D eigenvalue weighted by Crippen LogP contribution is -2.38. The molecule has 0 spiro atoms. The fraction of sp³-hybridized carbons (Fsp3) is 0.385. The van der Waals surface area contributed by atoms with E-state index in [0.717, 1.165) is 16.4 Å². The molecule has 0 unspecified atom stereocenters. The van der Waals surface area contributed by atoms with Crippen molar-refractivity contribution in [2.24, 2.45) is 0 Å². The first kappa shape index (κ1) is 18.9. The van der Waals surface area contributed by atoms with Crippen molar-refractivity contribution in [3.63, 3.8) is 0 Å². The molecular weight excluding hydrogens is 365 g/mol. The molecule has 0 bridgehead atoms. The minimum Gasteiger partial charge on any atom is -0.347 e. The number of nitrogens with one attached hydrogen (secondary N) is 1. The van der Waals surface area contributed by atoms with Crippen molar-refractivity contribution in [3.05, 3.63) is 22.9 Å². The highest BCUT2D eigenvalue weighted by Crippen LogP contribution is 2.32. The van der Waals surface area contributed by atoms with Crippen molar-refractivity contribution in [1.29, 1.82) is 0 Å². The Bertz CT molecular complexity index is 759. The van der Waals surface area contributed by atoms with Gasteiger partial charge in [0.25, 0.3) is 5.91 Å². The van der Waals surface area contributed by atoms with Crippen LogP contribution in [0.1, 0.15) is 17.7 Å². The van der Waals surface area contributed by atoms with Gasteiger partial charge in [0.05, 0.1) is 25.1 Å². The standard InChI is InChI=1S/C13H13F3N4O4S/c1-7(21)17-5-10(22)20(23-2)6-8-3-4-9(25-8)11-18-12(24-19-11)13(14,15)16/h3-4H,5-6H2,1-2H3,(H,17,21). The summed E-state index contributed by atoms with van der Waals surface area (Å²) in [5.74, 6) is -2.47. The van der Waals surface area contributed by atoms with Crippen molar-refractivity contribution < 1.29 is 32.1 Å². The first-order valence-corrected chi connectivity index (χ1v) is 7.61. The Morgan fingerprint density at radius 2 is 2.12 bits per heavy atom. The molecule has 0 saturated carbocycles. The summed E-state index contributed by atoms with van der Waals surface area (Å²) in [5, 5.41) is 6.66. The normalized spacial score (nSPS) is 11.4. The summed E-state index contributed by atoms with van der Waals surface area (Å²) >= 11 is 1.08. The number of hydrogen-bond donors (Lipinski definition) is 1. The van der Waals surface area contributed by atoms with E-state index in [1.807, 2.05) is 0 Å². The highest BCUT2D eigenvalue weighted by molar-refractivity contribution is 7.15. The van der Waals surface area contributed by atoms with Gasteiger partial charge in [-0.3, -0.25) is 14.4 Å². The average molecular weight is 378 g/mol. The van der Waals surface area contributed by atoms with Crippen LogP contribution >= 0.6 is 11.3 Å². The number of hydrogen-bond acceptors (Lipinski definition) is 7. The zero-order valence-electron chi connectivity index (χ0n) is 13.1. The molecule has 0 fully saturated rings. The van der Waals surface area contributed by atoms with E-state index >= 15 is 0 Å². The fourth-order valence-corrected chi connectivity index (χ4v) is 2.62. The number of thiophene rings is 1. The summed E-state index contributed by atoms with van der Waals surface area (Å²) in [4.78, 5) is 31.9. The molecule has 0 aromatic carbocycles. The smallest absolute Gasteiger partial charge is 0.347 e. The van der Waals surface area contributed by atoms with E-state index in [9.17, 15) is 22.8 Å². The number of carbonyl (C=O) groups is 2. The quantitative estimate of drug-likeness (QED) is 0.771. The van der Waals surface area contributed by atoms with Crippen LogP contribution in [0.25, 0.3) is 10.7 Å². The summed E-state index contributed by atoms with van der Waals surface area (Å²) in [6.07, 6.45) is -4.71. The number of amides is 2. The summed E-state index contributed by atoms with van der Waals surface area (Å²) in [6, 6.07) is 3.11. The van der Waals surface area contributed by atoms with E-state index < -0.39 is 18.0 Å². The molecule has 0 radical (unpaired) electrons. The Morgan fingerprint density at radius 3 is 2.68 bits per heavy atom. The van der Waals surface area contributed by atoms with E-state index in [0.29, 0.717) is 9.75 Å². The first-order valence-electron chi connectivity index (χ1n) is 6.79. The topological polar surface area (TPSA) is 97.6 Å². The third-order valence-electron chi connectivity index (χ3n) is 2.84. The third-order valence-corrected chi connectivity index (χ3v) is 3.90. The molecule has 2 aromatic heterocycles. The predicted octanol–water partition coefficient (Wildman–Crippen LogP) is 1.84. The lowest BCUT2D eigenvalue weighted by atomic mass is 10.4. The molecule has 8 nitrogen and oxygen atoms in total. The van der Waals surface area contributed by atoms with Crippen molar-refractivity contribution in [2.75, 3.05) is 13.7 Å². The Morgan fingerprint density at radius 1 is 1.40 bits per heavy atom. The predicted molar refractivity (Wildman–Crippen MR) is 78.9 cm³/mol. The lowest BCUT2D eigenvalue weighted by molar-refractivity contribution is -0.178. The van der Waals surface area contributed by atoms with Crippen LogP contribution in [0.2, 0.25) is 0 Å². The van der Waals surface area contributed by atoms with Gasteiger partial charge in [-0.1, -0.05) is 5.16 Å². The van der Waals surface area contributed by atoms with E-state index in [-0.39, 0.29) is 24.8 Å². The lowest BCUT2D eigenvalue weighted by Gasteiger charge is -2.18. The zero-order chi connectivity index (χ0) is 18.6. The number of halogens is 3.